The van der Waals surface area contributed by atoms with E-state index in [2.05, 4.69) is 47.1 Å². The van der Waals surface area contributed by atoms with Crippen LogP contribution in [0.15, 0.2) is 45.5 Å². The number of rotatable bonds is 5. The average molecular weight is 308 g/mol. The van der Waals surface area contributed by atoms with Crippen LogP contribution >= 0.6 is 15.9 Å². The number of unbranched alkanes of at least 4 members (excludes halogenated alkanes) is 1. The molecule has 0 aliphatic carbocycles. The molecule has 0 saturated heterocycles. The Balaban J connectivity index is 2.09. The van der Waals surface area contributed by atoms with Crippen molar-refractivity contribution in [2.45, 2.75) is 32.2 Å². The topological polar surface area (TPSA) is 39.2 Å². The molecule has 0 amide bonds. The first-order valence-electron chi connectivity index (χ1n) is 6.30. The van der Waals surface area contributed by atoms with Crippen molar-refractivity contribution in [2.24, 2.45) is 5.73 Å². The summed E-state index contributed by atoms with van der Waals surface area (Å²) >= 11 is 3.29. The summed E-state index contributed by atoms with van der Waals surface area (Å²) in [5.41, 5.74) is 8.61. The summed E-state index contributed by atoms with van der Waals surface area (Å²) in [4.78, 5) is 0. The molecule has 3 heteroatoms. The molecule has 0 aliphatic heterocycles. The Morgan fingerprint density at radius 1 is 1.17 bits per heavy atom. The van der Waals surface area contributed by atoms with E-state index in [1.807, 2.05) is 12.1 Å². The molecule has 2 rings (SSSR count). The van der Waals surface area contributed by atoms with E-state index in [-0.39, 0.29) is 6.04 Å². The monoisotopic (exact) mass is 307 g/mol. The summed E-state index contributed by atoms with van der Waals surface area (Å²) < 4.78 is 6.20. The first-order valence-corrected chi connectivity index (χ1v) is 7.09. The van der Waals surface area contributed by atoms with Crippen LogP contribution in [0.25, 0.3) is 0 Å². The predicted octanol–water partition coefficient (Wildman–Crippen LogP) is 4.43. The summed E-state index contributed by atoms with van der Waals surface area (Å²) in [7, 11) is 0. The Morgan fingerprint density at radius 3 is 2.44 bits per heavy atom. The zero-order valence-corrected chi connectivity index (χ0v) is 12.1. The zero-order valence-electron chi connectivity index (χ0n) is 10.5. The van der Waals surface area contributed by atoms with Gasteiger partial charge in [-0.2, -0.15) is 0 Å². The highest BCUT2D eigenvalue weighted by molar-refractivity contribution is 9.10. The fourth-order valence-corrected chi connectivity index (χ4v) is 2.25. The van der Waals surface area contributed by atoms with Crippen molar-refractivity contribution in [1.82, 2.24) is 0 Å². The van der Waals surface area contributed by atoms with Crippen molar-refractivity contribution in [3.63, 3.8) is 0 Å². The number of hydrogen-bond acceptors (Lipinski definition) is 2. The van der Waals surface area contributed by atoms with E-state index in [1.54, 1.807) is 0 Å². The number of aryl methyl sites for hydroxylation is 1. The van der Waals surface area contributed by atoms with Gasteiger partial charge in [-0.25, -0.2) is 0 Å². The normalized spacial score (nSPS) is 12.6. The van der Waals surface area contributed by atoms with Crippen LogP contribution in [0.3, 0.4) is 0 Å². The van der Waals surface area contributed by atoms with Gasteiger partial charge in [-0.15, -0.1) is 0 Å². The molecule has 0 bridgehead atoms. The Hall–Kier alpha value is -1.06. The van der Waals surface area contributed by atoms with Crippen molar-refractivity contribution in [1.29, 1.82) is 0 Å². The van der Waals surface area contributed by atoms with Gasteiger partial charge in [0.2, 0.25) is 0 Å². The van der Waals surface area contributed by atoms with E-state index in [4.69, 9.17) is 10.2 Å². The molecule has 1 aromatic carbocycles. The van der Waals surface area contributed by atoms with Crippen molar-refractivity contribution in [2.75, 3.05) is 0 Å². The lowest BCUT2D eigenvalue weighted by Gasteiger charge is -2.10. The summed E-state index contributed by atoms with van der Waals surface area (Å²) in [5, 5.41) is 0. The third-order valence-corrected chi connectivity index (χ3v) is 3.48. The number of hydrogen-bond donors (Lipinski definition) is 1. The van der Waals surface area contributed by atoms with E-state index >= 15 is 0 Å². The second kappa shape index (κ2) is 6.21. The van der Waals surface area contributed by atoms with E-state index in [0.717, 1.165) is 17.7 Å². The average Bonchev–Trinajstić information content (AvgIpc) is 2.83. The maximum absolute atomic E-state index is 6.17. The van der Waals surface area contributed by atoms with Crippen molar-refractivity contribution in [3.05, 3.63) is 58.0 Å². The molecule has 18 heavy (non-hydrogen) atoms. The van der Waals surface area contributed by atoms with E-state index in [0.29, 0.717) is 4.67 Å². The van der Waals surface area contributed by atoms with E-state index < -0.39 is 0 Å². The van der Waals surface area contributed by atoms with Crippen LogP contribution in [0.4, 0.5) is 0 Å². The second-order valence-electron chi connectivity index (χ2n) is 4.46. The first-order chi connectivity index (χ1) is 8.70. The van der Waals surface area contributed by atoms with E-state index in [9.17, 15) is 0 Å². The minimum absolute atomic E-state index is 0.198. The van der Waals surface area contributed by atoms with Crippen molar-refractivity contribution < 1.29 is 4.42 Å². The largest absolute Gasteiger partial charge is 0.452 e. The van der Waals surface area contributed by atoms with Gasteiger partial charge in [-0.3, -0.25) is 0 Å². The van der Waals surface area contributed by atoms with Gasteiger partial charge in [0.25, 0.3) is 0 Å². The van der Waals surface area contributed by atoms with Crippen LogP contribution < -0.4 is 5.73 Å². The molecule has 2 nitrogen and oxygen atoms in total. The predicted molar refractivity (Wildman–Crippen MR) is 77.5 cm³/mol. The molecule has 1 unspecified atom stereocenters. The van der Waals surface area contributed by atoms with Gasteiger partial charge in [-0.1, -0.05) is 37.6 Å². The number of furan rings is 1. The molecule has 96 valence electrons. The highest BCUT2D eigenvalue weighted by atomic mass is 79.9. The maximum Gasteiger partial charge on any atom is 0.169 e. The summed E-state index contributed by atoms with van der Waals surface area (Å²) in [6.45, 7) is 2.21. The van der Waals surface area contributed by atoms with Gasteiger partial charge in [-0.05, 0) is 52.0 Å². The molecule has 2 aromatic rings. The summed E-state index contributed by atoms with van der Waals surface area (Å²) in [6.07, 6.45) is 3.59. The fraction of sp³-hybridized carbons (Fsp3) is 0.333. The Bertz CT molecular complexity index is 489. The second-order valence-corrected chi connectivity index (χ2v) is 5.25. The minimum Gasteiger partial charge on any atom is -0.452 e. The molecule has 0 spiro atoms. The van der Waals surface area contributed by atoms with E-state index in [1.165, 1.54) is 18.4 Å². The van der Waals surface area contributed by atoms with Crippen LogP contribution in [-0.4, -0.2) is 0 Å². The lowest BCUT2D eigenvalue weighted by Crippen LogP contribution is -2.10. The third-order valence-electron chi connectivity index (χ3n) is 3.06. The highest BCUT2D eigenvalue weighted by Crippen LogP contribution is 2.24. The van der Waals surface area contributed by atoms with Crippen LogP contribution in [0.1, 0.15) is 42.7 Å². The van der Waals surface area contributed by atoms with Crippen LogP contribution in [-0.2, 0) is 6.42 Å². The van der Waals surface area contributed by atoms with Gasteiger partial charge in [0.05, 0.1) is 6.04 Å². The molecular weight excluding hydrogens is 290 g/mol. The molecule has 0 saturated carbocycles. The summed E-state index contributed by atoms with van der Waals surface area (Å²) in [5.74, 6) is 0.781. The Labute approximate surface area is 116 Å². The van der Waals surface area contributed by atoms with Crippen LogP contribution in [0.5, 0.6) is 0 Å². The Morgan fingerprint density at radius 2 is 1.89 bits per heavy atom. The zero-order chi connectivity index (χ0) is 13.0. The highest BCUT2D eigenvalue weighted by Gasteiger charge is 2.12. The lowest BCUT2D eigenvalue weighted by atomic mass is 10.0. The van der Waals surface area contributed by atoms with Crippen molar-refractivity contribution in [3.8, 4) is 0 Å². The molecule has 1 heterocycles. The maximum atomic E-state index is 6.17. The number of nitrogens with two attached hydrogens (primary N) is 1. The standard InChI is InChI=1S/C15H18BrNO/c1-2-3-4-11-5-7-12(8-6-11)15(17)13-9-10-14(16)18-13/h5-10,15H,2-4,17H2,1H3. The van der Waals surface area contributed by atoms with Gasteiger partial charge in [0.15, 0.2) is 4.67 Å². The van der Waals surface area contributed by atoms with Crippen LogP contribution in [0, 0.1) is 0 Å². The summed E-state index contributed by atoms with van der Waals surface area (Å²) in [6, 6.07) is 12.1. The lowest BCUT2D eigenvalue weighted by molar-refractivity contribution is 0.470. The molecule has 1 atom stereocenters. The van der Waals surface area contributed by atoms with Gasteiger partial charge < -0.3 is 10.2 Å². The number of benzene rings is 1. The SMILES string of the molecule is CCCCc1ccc(C(N)c2ccc(Br)o2)cc1. The third kappa shape index (κ3) is 3.24. The Kier molecular flexibility index (Phi) is 4.61. The minimum atomic E-state index is -0.198. The molecule has 2 N–H and O–H groups in total. The number of halogens is 1. The van der Waals surface area contributed by atoms with Gasteiger partial charge in [0, 0.05) is 0 Å². The van der Waals surface area contributed by atoms with Gasteiger partial charge in [0.1, 0.15) is 5.76 Å². The first kappa shape index (κ1) is 13.4. The smallest absolute Gasteiger partial charge is 0.169 e. The fourth-order valence-electron chi connectivity index (χ4n) is 1.93. The van der Waals surface area contributed by atoms with Gasteiger partial charge >= 0.3 is 0 Å². The molecule has 0 aliphatic rings. The van der Waals surface area contributed by atoms with Crippen molar-refractivity contribution >= 4 is 15.9 Å². The molecule has 0 radical (unpaired) electrons. The van der Waals surface area contributed by atoms with Crippen LogP contribution in [0.2, 0.25) is 0 Å². The molecule has 1 aromatic heterocycles. The molecule has 0 fully saturated rings. The molecular formula is C15H18BrNO. The quantitative estimate of drug-likeness (QED) is 0.887.